The zero-order valence-corrected chi connectivity index (χ0v) is 11.3. The summed E-state index contributed by atoms with van der Waals surface area (Å²) < 4.78 is 4.75. The molecule has 0 radical (unpaired) electrons. The summed E-state index contributed by atoms with van der Waals surface area (Å²) in [7, 11) is 2.19. The molecule has 2 bridgehead atoms. The fraction of sp³-hybridized carbons (Fsp3) is 0.846. The van der Waals surface area contributed by atoms with Gasteiger partial charge in [-0.15, -0.1) is 0 Å². The molecule has 6 heteroatoms. The Morgan fingerprint density at radius 2 is 1.89 bits per heavy atom. The first kappa shape index (κ1) is 14.3. The molecule has 2 unspecified atom stereocenters. The Labute approximate surface area is 113 Å². The normalized spacial score (nSPS) is 30.3. The van der Waals surface area contributed by atoms with Gasteiger partial charge in [-0.3, -0.25) is 4.79 Å². The molecule has 19 heavy (non-hydrogen) atoms. The van der Waals surface area contributed by atoms with Crippen molar-refractivity contribution in [2.24, 2.45) is 5.92 Å². The maximum atomic E-state index is 11.5. The van der Waals surface area contributed by atoms with Crippen molar-refractivity contribution in [3.8, 4) is 0 Å². The molecule has 2 aliphatic heterocycles. The van der Waals surface area contributed by atoms with E-state index in [-0.39, 0.29) is 12.5 Å². The Morgan fingerprint density at radius 1 is 1.26 bits per heavy atom. The van der Waals surface area contributed by atoms with Gasteiger partial charge in [-0.1, -0.05) is 0 Å². The third kappa shape index (κ3) is 3.91. The van der Waals surface area contributed by atoms with Crippen molar-refractivity contribution in [2.75, 3.05) is 26.8 Å². The quantitative estimate of drug-likeness (QED) is 0.714. The summed E-state index contributed by atoms with van der Waals surface area (Å²) in [5.41, 5.74) is 0. The van der Waals surface area contributed by atoms with Crippen LogP contribution in [-0.4, -0.2) is 60.8 Å². The number of carbonyl (C=O) groups is 2. The number of nitrogens with zero attached hydrogens (tertiary/aromatic N) is 1. The summed E-state index contributed by atoms with van der Waals surface area (Å²) in [4.78, 5) is 24.2. The summed E-state index contributed by atoms with van der Waals surface area (Å²) in [5.74, 6) is -0.746. The molecule has 1 amide bonds. The van der Waals surface area contributed by atoms with E-state index in [1.54, 1.807) is 0 Å². The van der Waals surface area contributed by atoms with Crippen molar-refractivity contribution >= 4 is 11.9 Å². The highest BCUT2D eigenvalue weighted by molar-refractivity contribution is 5.77. The van der Waals surface area contributed by atoms with Gasteiger partial charge in [0.15, 0.2) is 0 Å². The number of hydrogen-bond acceptors (Lipinski definition) is 4. The molecule has 6 nitrogen and oxygen atoms in total. The summed E-state index contributed by atoms with van der Waals surface area (Å²) in [6.07, 6.45) is 4.83. The maximum absolute atomic E-state index is 11.5. The van der Waals surface area contributed by atoms with Crippen LogP contribution in [0.3, 0.4) is 0 Å². The van der Waals surface area contributed by atoms with Crippen LogP contribution in [-0.2, 0) is 14.3 Å². The number of amides is 1. The number of carbonyl (C=O) groups excluding carboxylic acids is 1. The second-order valence-corrected chi connectivity index (χ2v) is 5.58. The van der Waals surface area contributed by atoms with E-state index in [9.17, 15) is 9.59 Å². The Bertz CT molecular complexity index is 334. The van der Waals surface area contributed by atoms with Crippen LogP contribution in [0.15, 0.2) is 0 Å². The van der Waals surface area contributed by atoms with Gasteiger partial charge in [-0.25, -0.2) is 4.79 Å². The lowest BCUT2D eigenvalue weighted by atomic mass is 9.91. The molecular weight excluding hydrogens is 248 g/mol. The number of rotatable bonds is 6. The Kier molecular flexibility index (Phi) is 4.76. The van der Waals surface area contributed by atoms with Crippen LogP contribution in [0.2, 0.25) is 0 Å². The lowest BCUT2D eigenvalue weighted by molar-refractivity contribution is -0.143. The van der Waals surface area contributed by atoms with Crippen LogP contribution in [0.4, 0.5) is 0 Å². The van der Waals surface area contributed by atoms with Gasteiger partial charge < -0.3 is 20.1 Å². The minimum absolute atomic E-state index is 0.175. The van der Waals surface area contributed by atoms with Crippen molar-refractivity contribution in [3.05, 3.63) is 0 Å². The average Bonchev–Trinajstić information content (AvgIpc) is 2.60. The van der Waals surface area contributed by atoms with E-state index in [0.29, 0.717) is 24.5 Å². The van der Waals surface area contributed by atoms with E-state index in [2.05, 4.69) is 17.3 Å². The van der Waals surface area contributed by atoms with E-state index >= 15 is 0 Å². The Morgan fingerprint density at radius 3 is 2.47 bits per heavy atom. The molecular formula is C13H22N2O4. The molecule has 2 heterocycles. The van der Waals surface area contributed by atoms with Crippen LogP contribution in [0, 0.1) is 5.92 Å². The minimum Gasteiger partial charge on any atom is -0.480 e. The second kappa shape index (κ2) is 6.34. The van der Waals surface area contributed by atoms with E-state index in [4.69, 9.17) is 9.84 Å². The highest BCUT2D eigenvalue weighted by Gasteiger charge is 2.38. The zero-order valence-electron chi connectivity index (χ0n) is 11.3. The number of piperidine rings is 1. The molecule has 2 atom stereocenters. The predicted octanol–water partition coefficient (Wildman–Crippen LogP) is 0.0766. The molecule has 108 valence electrons. The smallest absolute Gasteiger partial charge is 0.329 e. The fourth-order valence-electron chi connectivity index (χ4n) is 3.23. The number of nitrogens with one attached hydrogen (secondary N) is 1. The van der Waals surface area contributed by atoms with Gasteiger partial charge in [0, 0.05) is 18.6 Å². The Balaban J connectivity index is 1.63. The van der Waals surface area contributed by atoms with Crippen LogP contribution < -0.4 is 5.32 Å². The van der Waals surface area contributed by atoms with Gasteiger partial charge in [-0.05, 0) is 38.6 Å². The first-order chi connectivity index (χ1) is 9.06. The van der Waals surface area contributed by atoms with Crippen LogP contribution in [0.25, 0.3) is 0 Å². The minimum atomic E-state index is -1.06. The first-order valence-electron chi connectivity index (χ1n) is 6.84. The van der Waals surface area contributed by atoms with Crippen LogP contribution in [0.1, 0.15) is 25.7 Å². The monoisotopic (exact) mass is 270 g/mol. The molecule has 0 spiro atoms. The van der Waals surface area contributed by atoms with Crippen molar-refractivity contribution in [1.82, 2.24) is 10.2 Å². The van der Waals surface area contributed by atoms with Crippen molar-refractivity contribution in [2.45, 2.75) is 37.8 Å². The molecule has 2 fully saturated rings. The maximum Gasteiger partial charge on any atom is 0.329 e. The van der Waals surface area contributed by atoms with Gasteiger partial charge >= 0.3 is 5.97 Å². The van der Waals surface area contributed by atoms with Crippen LogP contribution >= 0.6 is 0 Å². The summed E-state index contributed by atoms with van der Waals surface area (Å²) >= 11 is 0. The molecule has 0 aromatic rings. The van der Waals surface area contributed by atoms with Crippen LogP contribution in [0.5, 0.6) is 0 Å². The number of aliphatic carboxylic acids is 1. The molecule has 0 aromatic carbocycles. The highest BCUT2D eigenvalue weighted by Crippen LogP contribution is 2.36. The third-order valence-corrected chi connectivity index (χ3v) is 4.24. The molecule has 2 rings (SSSR count). The predicted molar refractivity (Wildman–Crippen MR) is 68.8 cm³/mol. The first-order valence-corrected chi connectivity index (χ1v) is 6.84. The molecule has 0 saturated carbocycles. The lowest BCUT2D eigenvalue weighted by Crippen LogP contribution is -2.43. The third-order valence-electron chi connectivity index (χ3n) is 4.24. The average molecular weight is 270 g/mol. The number of carboxylic acids is 1. The van der Waals surface area contributed by atoms with Gasteiger partial charge in [0.1, 0.15) is 13.2 Å². The SMILES string of the molecule is CN1C2CCC1CC(CNC(=O)COCC(=O)O)C2. The van der Waals surface area contributed by atoms with Gasteiger partial charge in [0.05, 0.1) is 0 Å². The highest BCUT2D eigenvalue weighted by atomic mass is 16.5. The molecule has 2 saturated heterocycles. The van der Waals surface area contributed by atoms with Crippen molar-refractivity contribution in [3.63, 3.8) is 0 Å². The molecule has 0 aromatic heterocycles. The summed E-state index contributed by atoms with van der Waals surface area (Å²) in [5, 5.41) is 11.2. The van der Waals surface area contributed by atoms with E-state index in [1.807, 2.05) is 0 Å². The second-order valence-electron chi connectivity index (χ2n) is 5.58. The topological polar surface area (TPSA) is 78.9 Å². The van der Waals surface area contributed by atoms with Crippen molar-refractivity contribution < 1.29 is 19.4 Å². The van der Waals surface area contributed by atoms with Gasteiger partial charge in [0.2, 0.25) is 5.91 Å². The largest absolute Gasteiger partial charge is 0.480 e. The lowest BCUT2D eigenvalue weighted by Gasteiger charge is -2.36. The van der Waals surface area contributed by atoms with E-state index in [0.717, 1.165) is 12.8 Å². The number of fused-ring (bicyclic) bond motifs is 2. The molecule has 2 N–H and O–H groups in total. The number of carboxylic acid groups (broad SMARTS) is 1. The van der Waals surface area contributed by atoms with E-state index in [1.165, 1.54) is 12.8 Å². The zero-order chi connectivity index (χ0) is 13.8. The fourth-order valence-corrected chi connectivity index (χ4v) is 3.23. The summed E-state index contributed by atoms with van der Waals surface area (Å²) in [6, 6.07) is 1.34. The van der Waals surface area contributed by atoms with Crippen molar-refractivity contribution in [1.29, 1.82) is 0 Å². The summed E-state index contributed by atoms with van der Waals surface area (Å²) in [6.45, 7) is 0.0771. The van der Waals surface area contributed by atoms with Gasteiger partial charge in [0.25, 0.3) is 0 Å². The molecule has 2 aliphatic rings. The van der Waals surface area contributed by atoms with Gasteiger partial charge in [-0.2, -0.15) is 0 Å². The Hall–Kier alpha value is -1.14. The standard InChI is InChI=1S/C13H22N2O4/c1-15-10-2-3-11(15)5-9(4-10)6-14-12(16)7-19-8-13(17)18/h9-11H,2-8H2,1H3,(H,14,16)(H,17,18). The number of hydrogen-bond donors (Lipinski definition) is 2. The number of ether oxygens (including phenoxy) is 1. The molecule has 0 aliphatic carbocycles. The van der Waals surface area contributed by atoms with E-state index < -0.39 is 12.6 Å².